The predicted octanol–water partition coefficient (Wildman–Crippen LogP) is 3.89. The molecule has 2 N–H and O–H groups in total. The Kier molecular flexibility index (Phi) is 6.36. The van der Waals surface area contributed by atoms with Crippen LogP contribution in [0, 0.1) is 6.92 Å². The van der Waals surface area contributed by atoms with E-state index in [4.69, 9.17) is 14.6 Å². The monoisotopic (exact) mass is 507 g/mol. The van der Waals surface area contributed by atoms with Gasteiger partial charge in [0.1, 0.15) is 5.78 Å². The first kappa shape index (κ1) is 24.5. The summed E-state index contributed by atoms with van der Waals surface area (Å²) in [5.41, 5.74) is 4.28. The Labute approximate surface area is 211 Å². The van der Waals surface area contributed by atoms with Crippen molar-refractivity contribution in [2.24, 2.45) is 0 Å². The van der Waals surface area contributed by atoms with Gasteiger partial charge in [0.2, 0.25) is 16.8 Å². The standard InChI is InChI=1S/C28H29NO6S/c1-18-3-4-20(13-24(18)21-5-8-23(9-6-21)36(32,33)29-19(2)16-30)14-27(31)28(11-12-28)22-7-10-25-26(15-22)35-17-34-25/h3-10,13,15,19,29-30H,11-12,14,16-17H2,1-2H3/t19-/m1/s1. The lowest BCUT2D eigenvalue weighted by atomic mass is 9.87. The van der Waals surface area contributed by atoms with Crippen molar-refractivity contribution in [3.05, 3.63) is 77.4 Å². The van der Waals surface area contributed by atoms with Crippen molar-refractivity contribution in [2.45, 2.75) is 49.5 Å². The maximum atomic E-state index is 13.4. The second-order valence-electron chi connectivity index (χ2n) is 9.63. The molecule has 1 saturated carbocycles. The Bertz CT molecular complexity index is 1410. The quantitative estimate of drug-likeness (QED) is 0.456. The van der Waals surface area contributed by atoms with Crippen LogP contribution < -0.4 is 14.2 Å². The third-order valence-electron chi connectivity index (χ3n) is 6.98. The molecule has 0 aromatic heterocycles. The number of aliphatic hydroxyl groups excluding tert-OH is 1. The Morgan fingerprint density at radius 1 is 1.03 bits per heavy atom. The zero-order valence-corrected chi connectivity index (χ0v) is 21.1. The summed E-state index contributed by atoms with van der Waals surface area (Å²) in [6.07, 6.45) is 1.96. The lowest BCUT2D eigenvalue weighted by molar-refractivity contribution is -0.120. The van der Waals surface area contributed by atoms with Gasteiger partial charge in [-0.3, -0.25) is 4.79 Å². The maximum Gasteiger partial charge on any atom is 0.240 e. The van der Waals surface area contributed by atoms with Gasteiger partial charge in [-0.15, -0.1) is 0 Å². The summed E-state index contributed by atoms with van der Waals surface area (Å²) in [7, 11) is -3.72. The van der Waals surface area contributed by atoms with Gasteiger partial charge in [0.05, 0.1) is 16.9 Å². The van der Waals surface area contributed by atoms with E-state index in [2.05, 4.69) is 4.72 Å². The predicted molar refractivity (Wildman–Crippen MR) is 136 cm³/mol. The smallest absolute Gasteiger partial charge is 0.240 e. The van der Waals surface area contributed by atoms with Crippen molar-refractivity contribution in [1.29, 1.82) is 0 Å². The van der Waals surface area contributed by atoms with E-state index < -0.39 is 21.5 Å². The number of ketones is 1. The van der Waals surface area contributed by atoms with Crippen LogP contribution in [0.25, 0.3) is 11.1 Å². The summed E-state index contributed by atoms with van der Waals surface area (Å²) >= 11 is 0. The van der Waals surface area contributed by atoms with Crippen LogP contribution in [0.4, 0.5) is 0 Å². The van der Waals surface area contributed by atoms with Gasteiger partial charge in [0.25, 0.3) is 0 Å². The highest BCUT2D eigenvalue weighted by Gasteiger charge is 2.50. The number of sulfonamides is 1. The van der Waals surface area contributed by atoms with Gasteiger partial charge >= 0.3 is 0 Å². The maximum absolute atomic E-state index is 13.4. The number of aliphatic hydroxyl groups is 1. The van der Waals surface area contributed by atoms with Gasteiger partial charge in [-0.2, -0.15) is 0 Å². The summed E-state index contributed by atoms with van der Waals surface area (Å²) in [6, 6.07) is 17.8. The molecule has 0 bridgehead atoms. The van der Waals surface area contributed by atoms with E-state index in [-0.39, 0.29) is 24.1 Å². The number of nitrogens with one attached hydrogen (secondary N) is 1. The normalized spacial score (nSPS) is 16.5. The van der Waals surface area contributed by atoms with E-state index in [1.807, 2.05) is 43.3 Å². The van der Waals surface area contributed by atoms with E-state index in [0.29, 0.717) is 17.9 Å². The Morgan fingerprint density at radius 3 is 2.44 bits per heavy atom. The molecule has 0 radical (unpaired) electrons. The fourth-order valence-electron chi connectivity index (χ4n) is 4.68. The molecule has 3 aromatic rings. The van der Waals surface area contributed by atoms with E-state index in [9.17, 15) is 13.2 Å². The summed E-state index contributed by atoms with van der Waals surface area (Å²) in [5, 5.41) is 9.15. The van der Waals surface area contributed by atoms with Crippen LogP contribution in [0.2, 0.25) is 0 Å². The van der Waals surface area contributed by atoms with E-state index in [1.165, 1.54) is 0 Å². The number of hydrogen-bond acceptors (Lipinski definition) is 6. The van der Waals surface area contributed by atoms with E-state index >= 15 is 0 Å². The lowest BCUT2D eigenvalue weighted by Crippen LogP contribution is -2.34. The van der Waals surface area contributed by atoms with Gasteiger partial charge in [0, 0.05) is 12.5 Å². The lowest BCUT2D eigenvalue weighted by Gasteiger charge is -2.16. The van der Waals surface area contributed by atoms with Crippen LogP contribution in [0.15, 0.2) is 65.6 Å². The molecule has 1 heterocycles. The highest BCUT2D eigenvalue weighted by atomic mass is 32.2. The van der Waals surface area contributed by atoms with E-state index in [1.54, 1.807) is 31.2 Å². The molecule has 0 spiro atoms. The third kappa shape index (κ3) is 4.64. The molecule has 1 fully saturated rings. The molecular formula is C28H29NO6S. The first-order valence-electron chi connectivity index (χ1n) is 12.0. The second-order valence-corrected chi connectivity index (χ2v) is 11.3. The highest BCUT2D eigenvalue weighted by Crippen LogP contribution is 2.51. The van der Waals surface area contributed by atoms with Crippen molar-refractivity contribution in [1.82, 2.24) is 4.72 Å². The number of rotatable bonds is 9. The summed E-state index contributed by atoms with van der Waals surface area (Å²) in [6.45, 7) is 3.51. The molecule has 8 heteroatoms. The molecule has 3 aromatic carbocycles. The van der Waals surface area contributed by atoms with Crippen LogP contribution in [-0.2, 0) is 26.7 Å². The zero-order chi connectivity index (χ0) is 25.5. The number of ether oxygens (including phenoxy) is 2. The molecule has 1 aliphatic carbocycles. The number of benzene rings is 3. The summed E-state index contributed by atoms with van der Waals surface area (Å²) < 4.78 is 38.3. The highest BCUT2D eigenvalue weighted by molar-refractivity contribution is 7.89. The number of carbonyl (C=O) groups excluding carboxylic acids is 1. The van der Waals surface area contributed by atoms with Crippen LogP contribution >= 0.6 is 0 Å². The van der Waals surface area contributed by atoms with Crippen molar-refractivity contribution in [2.75, 3.05) is 13.4 Å². The zero-order valence-electron chi connectivity index (χ0n) is 20.3. The van der Waals surface area contributed by atoms with Gasteiger partial charge < -0.3 is 14.6 Å². The molecule has 2 aliphatic rings. The van der Waals surface area contributed by atoms with Crippen molar-refractivity contribution in [3.63, 3.8) is 0 Å². The molecule has 1 atom stereocenters. The molecule has 5 rings (SSSR count). The van der Waals surface area contributed by atoms with Crippen LogP contribution in [0.1, 0.15) is 36.5 Å². The molecule has 0 amide bonds. The van der Waals surface area contributed by atoms with Crippen LogP contribution in [-0.4, -0.2) is 38.7 Å². The number of aryl methyl sites for hydroxylation is 1. The summed E-state index contributed by atoms with van der Waals surface area (Å²) in [4.78, 5) is 13.6. The van der Waals surface area contributed by atoms with Crippen LogP contribution in [0.3, 0.4) is 0 Å². The van der Waals surface area contributed by atoms with E-state index in [0.717, 1.165) is 40.7 Å². The van der Waals surface area contributed by atoms with Gasteiger partial charge in [-0.25, -0.2) is 13.1 Å². The molecule has 188 valence electrons. The number of fused-ring (bicyclic) bond motifs is 1. The first-order chi connectivity index (χ1) is 17.2. The van der Waals surface area contributed by atoms with Gasteiger partial charge in [0.15, 0.2) is 11.5 Å². The Morgan fingerprint density at radius 2 is 1.75 bits per heavy atom. The minimum atomic E-state index is -3.72. The molecule has 1 aliphatic heterocycles. The van der Waals surface area contributed by atoms with Crippen LogP contribution in [0.5, 0.6) is 11.5 Å². The third-order valence-corrected chi connectivity index (χ3v) is 8.59. The average molecular weight is 508 g/mol. The number of hydrogen-bond donors (Lipinski definition) is 2. The number of Topliss-reactive ketones (excluding diaryl/α,β-unsaturated/α-hetero) is 1. The molecule has 36 heavy (non-hydrogen) atoms. The molecule has 0 saturated heterocycles. The largest absolute Gasteiger partial charge is 0.454 e. The number of carbonyl (C=O) groups is 1. The van der Waals surface area contributed by atoms with Crippen molar-refractivity contribution >= 4 is 15.8 Å². The van der Waals surface area contributed by atoms with Crippen molar-refractivity contribution in [3.8, 4) is 22.6 Å². The fraction of sp³-hybridized carbons (Fsp3) is 0.321. The Hall–Kier alpha value is -3.20. The topological polar surface area (TPSA) is 102 Å². The Balaban J connectivity index is 1.35. The van der Waals surface area contributed by atoms with Crippen molar-refractivity contribution < 1.29 is 27.8 Å². The average Bonchev–Trinajstić information content (AvgIpc) is 3.55. The summed E-state index contributed by atoms with van der Waals surface area (Å²) in [5.74, 6) is 1.58. The molecule has 0 unspecified atom stereocenters. The van der Waals surface area contributed by atoms with Gasteiger partial charge in [-0.1, -0.05) is 36.4 Å². The minimum Gasteiger partial charge on any atom is -0.454 e. The van der Waals surface area contributed by atoms with Gasteiger partial charge in [-0.05, 0) is 78.8 Å². The minimum absolute atomic E-state index is 0.134. The molecule has 7 nitrogen and oxygen atoms in total. The fourth-order valence-corrected chi connectivity index (χ4v) is 5.91. The second kappa shape index (κ2) is 9.35. The molecular weight excluding hydrogens is 478 g/mol. The first-order valence-corrected chi connectivity index (χ1v) is 13.5. The SMILES string of the molecule is Cc1ccc(CC(=O)C2(c3ccc4c(c3)OCO4)CC2)cc1-c1ccc(S(=O)(=O)N[C@H](C)CO)cc1.